The molecular formula is C16H13ClN2O2. The zero-order valence-electron chi connectivity index (χ0n) is 11.1. The minimum Gasteiger partial charge on any atom is -0.272 e. The Morgan fingerprint density at radius 3 is 2.43 bits per heavy atom. The van der Waals surface area contributed by atoms with Gasteiger partial charge in [-0.2, -0.15) is 10.1 Å². The predicted molar refractivity (Wildman–Crippen MR) is 78.6 cm³/mol. The molecule has 1 heterocycles. The molecule has 2 amide bonds. The number of hydrazone groups is 1. The Balaban J connectivity index is 1.60. The van der Waals surface area contributed by atoms with Crippen molar-refractivity contribution in [2.24, 2.45) is 28.8 Å². The van der Waals surface area contributed by atoms with Gasteiger partial charge in [-0.25, -0.2) is 0 Å². The van der Waals surface area contributed by atoms with Crippen molar-refractivity contribution in [3.63, 3.8) is 0 Å². The van der Waals surface area contributed by atoms with Crippen molar-refractivity contribution in [3.8, 4) is 0 Å². The Morgan fingerprint density at radius 2 is 1.81 bits per heavy atom. The Morgan fingerprint density at radius 1 is 1.14 bits per heavy atom. The standard InChI is InChI=1S/C16H13ClN2O2/c17-12-3-1-2-9(6-12)8-18-19-15(20)13-10-4-5-11(7-10)14(13)16(19)21/h1-6,8,10-11,13-14H,7H2/b18-8-/t10-,11-,13-,14-/m0/s1. The maximum absolute atomic E-state index is 12.4. The maximum atomic E-state index is 12.4. The van der Waals surface area contributed by atoms with Crippen molar-refractivity contribution < 1.29 is 9.59 Å². The lowest BCUT2D eigenvalue weighted by Gasteiger charge is -2.13. The molecule has 4 atom stereocenters. The van der Waals surface area contributed by atoms with Crippen LogP contribution >= 0.6 is 11.6 Å². The number of hydrogen-bond acceptors (Lipinski definition) is 3. The van der Waals surface area contributed by atoms with E-state index in [2.05, 4.69) is 17.3 Å². The van der Waals surface area contributed by atoms with Gasteiger partial charge in [-0.05, 0) is 36.0 Å². The third-order valence-electron chi connectivity index (χ3n) is 4.62. The SMILES string of the molecule is O=C1[C@@H]2[C@@H](C(=O)N1/N=C\c1cccc(Cl)c1)[C@H]1C=C[C@H]2C1. The summed E-state index contributed by atoms with van der Waals surface area (Å²) in [5.74, 6) is -0.320. The number of benzene rings is 1. The van der Waals surface area contributed by atoms with Crippen molar-refractivity contribution in [1.82, 2.24) is 5.01 Å². The van der Waals surface area contributed by atoms with Gasteiger partial charge in [-0.3, -0.25) is 9.59 Å². The summed E-state index contributed by atoms with van der Waals surface area (Å²) < 4.78 is 0. The number of hydrogen-bond donors (Lipinski definition) is 0. The van der Waals surface area contributed by atoms with Gasteiger partial charge in [-0.1, -0.05) is 35.9 Å². The number of nitrogens with zero attached hydrogens (tertiary/aromatic N) is 2. The third kappa shape index (κ3) is 1.86. The molecular weight excluding hydrogens is 288 g/mol. The highest BCUT2D eigenvalue weighted by Gasteiger charge is 2.59. The van der Waals surface area contributed by atoms with Crippen molar-refractivity contribution in [2.45, 2.75) is 6.42 Å². The Labute approximate surface area is 127 Å². The highest BCUT2D eigenvalue weighted by Crippen LogP contribution is 2.52. The summed E-state index contributed by atoms with van der Waals surface area (Å²) in [5.41, 5.74) is 0.765. The Kier molecular flexibility index (Phi) is 2.76. The van der Waals surface area contributed by atoms with Crippen LogP contribution in [0.2, 0.25) is 5.02 Å². The topological polar surface area (TPSA) is 49.7 Å². The molecule has 3 aliphatic rings. The molecule has 2 aliphatic carbocycles. The van der Waals surface area contributed by atoms with E-state index in [1.807, 2.05) is 6.07 Å². The summed E-state index contributed by atoms with van der Waals surface area (Å²) in [6, 6.07) is 7.13. The van der Waals surface area contributed by atoms with E-state index in [9.17, 15) is 9.59 Å². The van der Waals surface area contributed by atoms with Gasteiger partial charge in [0.25, 0.3) is 11.8 Å². The number of allylic oxidation sites excluding steroid dienone is 2. The molecule has 0 spiro atoms. The lowest BCUT2D eigenvalue weighted by Crippen LogP contribution is -2.28. The predicted octanol–water partition coefficient (Wildman–Crippen LogP) is 2.48. The van der Waals surface area contributed by atoms with Crippen molar-refractivity contribution >= 4 is 29.6 Å². The molecule has 0 N–H and O–H groups in total. The average Bonchev–Trinajstić information content (AvgIpc) is 3.12. The van der Waals surface area contributed by atoms with Crippen LogP contribution in [0.15, 0.2) is 41.5 Å². The van der Waals surface area contributed by atoms with Gasteiger partial charge in [0.2, 0.25) is 0 Å². The number of imide groups is 1. The second kappa shape index (κ2) is 4.53. The fourth-order valence-electron chi connectivity index (χ4n) is 3.71. The van der Waals surface area contributed by atoms with Gasteiger partial charge >= 0.3 is 0 Å². The lowest BCUT2D eigenvalue weighted by atomic mass is 9.85. The molecule has 1 saturated heterocycles. The second-order valence-electron chi connectivity index (χ2n) is 5.79. The molecule has 5 heteroatoms. The van der Waals surface area contributed by atoms with Crippen molar-refractivity contribution in [1.29, 1.82) is 0 Å². The normalized spacial score (nSPS) is 33.5. The van der Waals surface area contributed by atoms with Crippen LogP contribution in [0, 0.1) is 23.7 Å². The van der Waals surface area contributed by atoms with E-state index in [-0.39, 0.29) is 35.5 Å². The van der Waals surface area contributed by atoms with E-state index in [4.69, 9.17) is 11.6 Å². The maximum Gasteiger partial charge on any atom is 0.254 e. The molecule has 1 aliphatic heterocycles. The molecule has 1 aromatic rings. The zero-order valence-corrected chi connectivity index (χ0v) is 11.9. The molecule has 0 unspecified atom stereocenters. The monoisotopic (exact) mass is 300 g/mol. The first kappa shape index (κ1) is 12.8. The van der Waals surface area contributed by atoms with Crippen molar-refractivity contribution in [3.05, 3.63) is 47.0 Å². The second-order valence-corrected chi connectivity index (χ2v) is 6.22. The fourth-order valence-corrected chi connectivity index (χ4v) is 3.91. The van der Waals surface area contributed by atoms with Crippen LogP contribution in [0.1, 0.15) is 12.0 Å². The van der Waals surface area contributed by atoms with Crippen LogP contribution in [-0.2, 0) is 9.59 Å². The van der Waals surface area contributed by atoms with E-state index in [1.165, 1.54) is 6.21 Å². The summed E-state index contributed by atoms with van der Waals surface area (Å²) in [6.07, 6.45) is 6.58. The van der Waals surface area contributed by atoms with Gasteiger partial charge in [0.1, 0.15) is 0 Å². The van der Waals surface area contributed by atoms with Crippen LogP contribution in [0.25, 0.3) is 0 Å². The van der Waals surface area contributed by atoms with Crippen LogP contribution in [-0.4, -0.2) is 23.0 Å². The smallest absolute Gasteiger partial charge is 0.254 e. The van der Waals surface area contributed by atoms with Gasteiger partial charge in [-0.15, -0.1) is 0 Å². The highest BCUT2D eigenvalue weighted by atomic mass is 35.5. The molecule has 0 radical (unpaired) electrons. The number of carbonyl (C=O) groups is 2. The number of fused-ring (bicyclic) bond motifs is 5. The van der Waals surface area contributed by atoms with Gasteiger partial charge < -0.3 is 0 Å². The van der Waals surface area contributed by atoms with Crippen LogP contribution in [0.4, 0.5) is 0 Å². The van der Waals surface area contributed by atoms with Crippen LogP contribution in [0.5, 0.6) is 0 Å². The number of halogens is 1. The number of carbonyl (C=O) groups excluding carboxylic acids is 2. The average molecular weight is 301 g/mol. The highest BCUT2D eigenvalue weighted by molar-refractivity contribution is 6.30. The van der Waals surface area contributed by atoms with Gasteiger partial charge in [0, 0.05) is 5.02 Å². The minimum atomic E-state index is -0.205. The van der Waals surface area contributed by atoms with Crippen LogP contribution in [0.3, 0.4) is 0 Å². The minimum absolute atomic E-state index is 0.167. The zero-order chi connectivity index (χ0) is 14.6. The third-order valence-corrected chi connectivity index (χ3v) is 4.85. The van der Waals surface area contributed by atoms with E-state index < -0.39 is 0 Å². The fraction of sp³-hybridized carbons (Fsp3) is 0.312. The number of amides is 2. The molecule has 2 fully saturated rings. The quantitative estimate of drug-likeness (QED) is 0.479. The first-order valence-electron chi connectivity index (χ1n) is 7.01. The number of rotatable bonds is 2. The van der Waals surface area contributed by atoms with Crippen molar-refractivity contribution in [2.75, 3.05) is 0 Å². The summed E-state index contributed by atoms with van der Waals surface area (Å²) >= 11 is 5.90. The van der Waals surface area contributed by atoms with E-state index >= 15 is 0 Å². The van der Waals surface area contributed by atoms with E-state index in [1.54, 1.807) is 18.2 Å². The molecule has 4 nitrogen and oxygen atoms in total. The van der Waals surface area contributed by atoms with Gasteiger partial charge in [0.05, 0.1) is 18.1 Å². The van der Waals surface area contributed by atoms with E-state index in [0.717, 1.165) is 17.0 Å². The molecule has 1 aromatic carbocycles. The van der Waals surface area contributed by atoms with Gasteiger partial charge in [0.15, 0.2) is 0 Å². The lowest BCUT2D eigenvalue weighted by molar-refractivity contribution is -0.140. The van der Waals surface area contributed by atoms with Crippen LogP contribution < -0.4 is 0 Å². The largest absolute Gasteiger partial charge is 0.272 e. The summed E-state index contributed by atoms with van der Waals surface area (Å²) in [5, 5.41) is 5.74. The van der Waals surface area contributed by atoms with E-state index in [0.29, 0.717) is 5.02 Å². The first-order chi connectivity index (χ1) is 10.1. The molecule has 4 rings (SSSR count). The molecule has 21 heavy (non-hydrogen) atoms. The Hall–Kier alpha value is -1.94. The summed E-state index contributed by atoms with van der Waals surface area (Å²) in [7, 11) is 0. The molecule has 0 aromatic heterocycles. The molecule has 2 bridgehead atoms. The summed E-state index contributed by atoms with van der Waals surface area (Å²) in [6.45, 7) is 0. The first-order valence-corrected chi connectivity index (χ1v) is 7.38. The molecule has 1 saturated carbocycles. The summed E-state index contributed by atoms with van der Waals surface area (Å²) in [4.78, 5) is 24.8. The Bertz CT molecular complexity index is 667. The molecule has 106 valence electrons.